The third kappa shape index (κ3) is 5.93. The average molecular weight is 763 g/mol. The lowest BCUT2D eigenvalue weighted by molar-refractivity contribution is -0.194. The van der Waals surface area contributed by atoms with Gasteiger partial charge in [0.05, 0.1) is 28.2 Å². The van der Waals surface area contributed by atoms with Crippen molar-refractivity contribution in [3.8, 4) is 5.75 Å². The van der Waals surface area contributed by atoms with Crippen LogP contribution in [0.3, 0.4) is 0 Å². The number of benzene rings is 2. The summed E-state index contributed by atoms with van der Waals surface area (Å²) in [6.45, 7) is 15.9. The summed E-state index contributed by atoms with van der Waals surface area (Å²) in [5, 5.41) is 0. The zero-order valence-electron chi connectivity index (χ0n) is 33.7. The van der Waals surface area contributed by atoms with E-state index < -0.39 is 41.1 Å². The van der Waals surface area contributed by atoms with Crippen LogP contribution in [0.4, 0.5) is 0 Å². The van der Waals surface area contributed by atoms with E-state index in [1.807, 2.05) is 0 Å². The van der Waals surface area contributed by atoms with Gasteiger partial charge in [0.25, 0.3) is 0 Å². The van der Waals surface area contributed by atoms with E-state index in [1.165, 1.54) is 42.7 Å². The number of esters is 5. The predicted octanol–water partition coefficient (Wildman–Crippen LogP) is 9.62. The zero-order valence-corrected chi connectivity index (χ0v) is 33.7. The average Bonchev–Trinajstić information content (AvgIpc) is 3.75. The number of allylic oxidation sites excluding steroid dienone is 2. The highest BCUT2D eigenvalue weighted by atomic mass is 16.6. The van der Waals surface area contributed by atoms with Gasteiger partial charge in [-0.25, -0.2) is 19.2 Å². The molecule has 10 atom stereocenters. The van der Waals surface area contributed by atoms with Gasteiger partial charge in [0.2, 0.25) is 0 Å². The van der Waals surface area contributed by atoms with Crippen molar-refractivity contribution in [1.29, 1.82) is 0 Å². The zero-order chi connectivity index (χ0) is 40.1. The Balaban J connectivity index is 1.14. The van der Waals surface area contributed by atoms with Crippen LogP contribution in [0.25, 0.3) is 0 Å². The molecular weight excluding hydrogens is 709 g/mol. The summed E-state index contributed by atoms with van der Waals surface area (Å²) in [7, 11) is 0. The fourth-order valence-electron chi connectivity index (χ4n) is 13.6. The molecule has 10 unspecified atom stereocenters. The molecule has 4 fully saturated rings. The Morgan fingerprint density at radius 2 is 1.39 bits per heavy atom. The van der Waals surface area contributed by atoms with Crippen molar-refractivity contribution in [2.45, 2.75) is 106 Å². The van der Waals surface area contributed by atoms with Crippen LogP contribution in [-0.2, 0) is 14.3 Å². The molecule has 0 bridgehead atoms. The Kier molecular flexibility index (Phi) is 9.36. The Morgan fingerprint density at radius 1 is 0.786 bits per heavy atom. The molecule has 0 saturated heterocycles. The van der Waals surface area contributed by atoms with Gasteiger partial charge in [-0.05, 0) is 154 Å². The van der Waals surface area contributed by atoms with E-state index in [4.69, 9.17) is 14.2 Å². The minimum absolute atomic E-state index is 0.0798. The second-order valence-corrected chi connectivity index (χ2v) is 19.3. The Morgan fingerprint density at radius 3 is 2.07 bits per heavy atom. The number of cyclic esters (lactones) is 4. The molecule has 0 N–H and O–H groups in total. The van der Waals surface area contributed by atoms with E-state index in [-0.39, 0.29) is 56.5 Å². The summed E-state index contributed by atoms with van der Waals surface area (Å²) >= 11 is 0. The largest absolute Gasteiger partial charge is 0.426 e. The van der Waals surface area contributed by atoms with E-state index in [0.717, 1.165) is 32.1 Å². The van der Waals surface area contributed by atoms with Gasteiger partial charge in [0.15, 0.2) is 5.78 Å². The summed E-state index contributed by atoms with van der Waals surface area (Å²) in [6, 6.07) is 9.02. The molecular formula is C47H54O9. The van der Waals surface area contributed by atoms with Gasteiger partial charge < -0.3 is 14.2 Å². The number of fused-ring (bicyclic) bond motifs is 7. The van der Waals surface area contributed by atoms with Crippen LogP contribution in [-0.4, -0.2) is 35.6 Å². The highest BCUT2D eigenvalue weighted by Crippen LogP contribution is 2.72. The van der Waals surface area contributed by atoms with Crippen LogP contribution < -0.4 is 4.74 Å². The molecule has 4 aliphatic carbocycles. The minimum atomic E-state index is -0.762. The summed E-state index contributed by atoms with van der Waals surface area (Å²) in [6.07, 6.45) is 11.3. The van der Waals surface area contributed by atoms with Gasteiger partial charge in [0.1, 0.15) is 5.75 Å². The number of rotatable bonds is 8. The molecule has 6 aliphatic rings. The number of Topliss-reactive ketones (excluding diaryl/α,β-unsaturated/α-hetero) is 1. The highest BCUT2D eigenvalue weighted by Gasteiger charge is 2.67. The first kappa shape index (κ1) is 38.5. The van der Waals surface area contributed by atoms with Gasteiger partial charge >= 0.3 is 29.8 Å². The topological polar surface area (TPSA) is 130 Å². The number of hydrogen-bond donors (Lipinski definition) is 0. The third-order valence-corrected chi connectivity index (χ3v) is 15.9. The van der Waals surface area contributed by atoms with Crippen LogP contribution in [0, 0.1) is 63.6 Å². The standard InChI is InChI=1S/C47H54O9/c1-24(2)9-8-10-25(3)34-15-16-35-32-23-33(44(53)54-27-12-14-29-31(22-27)43(52)56-41(29)50)39-45(4,5)37(18-20-47(39,7)36(32)17-19-46(34,35)6)38(48)26-11-13-28-30(21-26)42(51)55-40(28)49/h9,11-14,21-22,25,32-37,39H,8,10,15-20,23H2,1-7H3. The summed E-state index contributed by atoms with van der Waals surface area (Å²) in [5.74, 6) is -2.05. The van der Waals surface area contributed by atoms with Crippen molar-refractivity contribution in [3.63, 3.8) is 0 Å². The lowest BCUT2D eigenvalue weighted by Gasteiger charge is -2.66. The van der Waals surface area contributed by atoms with Crippen molar-refractivity contribution in [2.24, 2.45) is 63.6 Å². The SMILES string of the molecule is CC(C)=CCCC(C)C1CCC2C3CC(C(=O)Oc4ccc5c(c4)C(=O)OC5=O)C4C(C)(C)C(C(=O)c5ccc6c(c5)C(=O)OC6=O)CCC4(C)C3CCC12C. The number of carbonyl (C=O) groups is 6. The normalized spacial score (nSPS) is 34.2. The number of ketones is 1. The predicted molar refractivity (Wildman–Crippen MR) is 207 cm³/mol. The smallest absolute Gasteiger partial charge is 0.347 e. The molecule has 8 rings (SSSR count). The molecule has 0 aromatic heterocycles. The van der Waals surface area contributed by atoms with Crippen molar-refractivity contribution in [1.82, 2.24) is 0 Å². The first-order valence-corrected chi connectivity index (χ1v) is 20.7. The van der Waals surface area contributed by atoms with Crippen LogP contribution in [0.5, 0.6) is 5.75 Å². The molecule has 2 aromatic carbocycles. The van der Waals surface area contributed by atoms with Crippen LogP contribution in [0.15, 0.2) is 48.0 Å². The Bertz CT molecular complexity index is 2090. The van der Waals surface area contributed by atoms with Gasteiger partial charge in [0, 0.05) is 11.5 Å². The van der Waals surface area contributed by atoms with Crippen molar-refractivity contribution >= 4 is 35.6 Å². The van der Waals surface area contributed by atoms with Gasteiger partial charge in [-0.1, -0.05) is 52.3 Å². The Labute approximate surface area is 329 Å². The summed E-state index contributed by atoms with van der Waals surface area (Å²) < 4.78 is 15.8. The maximum atomic E-state index is 14.9. The minimum Gasteiger partial charge on any atom is -0.426 e. The van der Waals surface area contributed by atoms with Gasteiger partial charge in [-0.3, -0.25) is 9.59 Å². The fourth-order valence-corrected chi connectivity index (χ4v) is 13.6. The molecule has 2 heterocycles. The quantitative estimate of drug-likeness (QED) is 0.0849. The molecule has 9 nitrogen and oxygen atoms in total. The molecule has 2 aliphatic heterocycles. The Hall–Kier alpha value is -4.40. The summed E-state index contributed by atoms with van der Waals surface area (Å²) in [4.78, 5) is 78.7. The maximum absolute atomic E-state index is 14.9. The van der Waals surface area contributed by atoms with E-state index >= 15 is 0 Å². The lowest BCUT2D eigenvalue weighted by atomic mass is 9.37. The second-order valence-electron chi connectivity index (χ2n) is 19.3. The van der Waals surface area contributed by atoms with E-state index in [0.29, 0.717) is 48.0 Å². The molecule has 9 heteroatoms. The molecule has 2 aromatic rings. The number of carbonyl (C=O) groups excluding carboxylic acids is 6. The van der Waals surface area contributed by atoms with E-state index in [9.17, 15) is 28.8 Å². The van der Waals surface area contributed by atoms with Crippen LogP contribution >= 0.6 is 0 Å². The van der Waals surface area contributed by atoms with Crippen LogP contribution in [0.2, 0.25) is 0 Å². The van der Waals surface area contributed by atoms with Crippen molar-refractivity contribution in [3.05, 3.63) is 75.9 Å². The molecule has 0 spiro atoms. The van der Waals surface area contributed by atoms with E-state index in [1.54, 1.807) is 12.1 Å². The number of hydrogen-bond acceptors (Lipinski definition) is 9. The third-order valence-electron chi connectivity index (χ3n) is 15.9. The second kappa shape index (κ2) is 13.6. The van der Waals surface area contributed by atoms with Crippen molar-refractivity contribution < 1.29 is 43.0 Å². The molecule has 4 saturated carbocycles. The van der Waals surface area contributed by atoms with Crippen molar-refractivity contribution in [2.75, 3.05) is 0 Å². The molecule has 296 valence electrons. The van der Waals surface area contributed by atoms with E-state index in [2.05, 4.69) is 54.5 Å². The molecule has 56 heavy (non-hydrogen) atoms. The van der Waals surface area contributed by atoms with Gasteiger partial charge in [-0.15, -0.1) is 0 Å². The maximum Gasteiger partial charge on any atom is 0.347 e. The lowest BCUT2D eigenvalue weighted by Crippen LogP contribution is -2.63. The first-order chi connectivity index (χ1) is 26.5. The van der Waals surface area contributed by atoms with Gasteiger partial charge in [-0.2, -0.15) is 0 Å². The fraction of sp³-hybridized carbons (Fsp3) is 0.574. The molecule has 0 amide bonds. The first-order valence-electron chi connectivity index (χ1n) is 20.7. The monoisotopic (exact) mass is 762 g/mol. The molecule has 0 radical (unpaired) electrons. The summed E-state index contributed by atoms with van der Waals surface area (Å²) in [5.41, 5.74) is 1.47. The highest BCUT2D eigenvalue weighted by molar-refractivity contribution is 6.16. The number of ether oxygens (including phenoxy) is 3. The van der Waals surface area contributed by atoms with Crippen LogP contribution in [0.1, 0.15) is 158 Å².